The molecule has 0 bridgehead atoms. The number of likely N-dealkylation sites (tertiary alicyclic amines) is 1. The van der Waals surface area contributed by atoms with Crippen LogP contribution in [-0.4, -0.2) is 96.9 Å². The van der Waals surface area contributed by atoms with Crippen molar-refractivity contribution in [2.24, 2.45) is 0 Å². The van der Waals surface area contributed by atoms with E-state index in [1.165, 1.54) is 49.4 Å². The fourth-order valence-electron chi connectivity index (χ4n) is 3.96. The van der Waals surface area contributed by atoms with Gasteiger partial charge in [0.25, 0.3) is 0 Å². The van der Waals surface area contributed by atoms with Gasteiger partial charge in [0.2, 0.25) is 0 Å². The number of rotatable bonds is 10. The summed E-state index contributed by atoms with van der Waals surface area (Å²) in [4.78, 5) is 7.29. The quantitative estimate of drug-likeness (QED) is 0.642. The zero-order chi connectivity index (χ0) is 19.6. The van der Waals surface area contributed by atoms with Gasteiger partial charge in [0.15, 0.2) is 0 Å². The Hall–Kier alpha value is -0.790. The fraction of sp³-hybridized carbons (Fsp3) is 0.727. The van der Waals surface area contributed by atoms with Gasteiger partial charge in [-0.25, -0.2) is 0 Å². The van der Waals surface area contributed by atoms with E-state index in [9.17, 15) is 5.11 Å². The molecule has 0 amide bonds. The number of ether oxygens (including phenoxy) is 1. The van der Waals surface area contributed by atoms with E-state index in [4.69, 9.17) is 4.74 Å². The molecule has 0 spiro atoms. The number of aliphatic hydroxyl groups excluding tert-OH is 1. The Morgan fingerprint density at radius 1 is 1.07 bits per heavy atom. The van der Waals surface area contributed by atoms with E-state index in [1.807, 2.05) is 23.9 Å². The highest BCUT2D eigenvalue weighted by molar-refractivity contribution is 7.99. The van der Waals surface area contributed by atoms with E-state index in [-0.39, 0.29) is 0 Å². The molecule has 6 heteroatoms. The first-order valence-corrected chi connectivity index (χ1v) is 12.0. The van der Waals surface area contributed by atoms with Gasteiger partial charge >= 0.3 is 0 Å². The maximum Gasteiger partial charge on any atom is 0.123 e. The Labute approximate surface area is 175 Å². The lowest BCUT2D eigenvalue weighted by molar-refractivity contribution is 0.0708. The molecule has 2 heterocycles. The smallest absolute Gasteiger partial charge is 0.123 e. The number of likely N-dealkylation sites (N-methyl/N-ethyl adjacent to an activating group) is 1. The average molecular weight is 408 g/mol. The van der Waals surface area contributed by atoms with Crippen molar-refractivity contribution in [1.29, 1.82) is 0 Å². The summed E-state index contributed by atoms with van der Waals surface area (Å²) in [5, 5.41) is 10.4. The Kier molecular flexibility index (Phi) is 9.41. The first-order chi connectivity index (χ1) is 13.7. The molecule has 1 atom stereocenters. The molecule has 2 aliphatic heterocycles. The largest absolute Gasteiger partial charge is 0.491 e. The van der Waals surface area contributed by atoms with Crippen LogP contribution in [0.5, 0.6) is 5.75 Å². The zero-order valence-corrected chi connectivity index (χ0v) is 18.2. The number of benzene rings is 1. The summed E-state index contributed by atoms with van der Waals surface area (Å²) in [7, 11) is 2.18. The fourth-order valence-corrected chi connectivity index (χ4v) is 4.94. The van der Waals surface area contributed by atoms with Crippen LogP contribution in [0.4, 0.5) is 0 Å². The monoisotopic (exact) mass is 407 g/mol. The van der Waals surface area contributed by atoms with Crippen molar-refractivity contribution in [3.05, 3.63) is 29.8 Å². The van der Waals surface area contributed by atoms with E-state index in [0.29, 0.717) is 13.2 Å². The van der Waals surface area contributed by atoms with Crippen molar-refractivity contribution < 1.29 is 9.84 Å². The van der Waals surface area contributed by atoms with Crippen LogP contribution in [0.25, 0.3) is 0 Å². The van der Waals surface area contributed by atoms with Gasteiger partial charge in [-0.1, -0.05) is 24.6 Å². The molecule has 0 saturated carbocycles. The van der Waals surface area contributed by atoms with Crippen LogP contribution in [0, 0.1) is 0 Å². The summed E-state index contributed by atoms with van der Waals surface area (Å²) in [6.45, 7) is 8.80. The van der Waals surface area contributed by atoms with Crippen LogP contribution in [0.15, 0.2) is 24.3 Å². The second-order valence-corrected chi connectivity index (χ2v) is 9.35. The van der Waals surface area contributed by atoms with Crippen LogP contribution in [0.1, 0.15) is 24.8 Å². The number of hydrogen-bond donors (Lipinski definition) is 1. The number of piperidine rings is 1. The molecule has 1 aromatic carbocycles. The number of para-hydroxylation sites is 1. The Balaban J connectivity index is 1.42. The van der Waals surface area contributed by atoms with E-state index < -0.39 is 6.10 Å². The Morgan fingerprint density at radius 3 is 2.61 bits per heavy atom. The zero-order valence-electron chi connectivity index (χ0n) is 17.4. The van der Waals surface area contributed by atoms with Crippen LogP contribution in [-0.2, 0) is 6.54 Å². The van der Waals surface area contributed by atoms with Gasteiger partial charge in [0.1, 0.15) is 18.5 Å². The molecule has 0 aliphatic carbocycles. The van der Waals surface area contributed by atoms with Crippen molar-refractivity contribution >= 4 is 11.8 Å². The van der Waals surface area contributed by atoms with Crippen LogP contribution in [0.2, 0.25) is 0 Å². The molecule has 0 aromatic heterocycles. The van der Waals surface area contributed by atoms with Crippen LogP contribution in [0.3, 0.4) is 0 Å². The molecule has 3 rings (SSSR count). The van der Waals surface area contributed by atoms with E-state index in [1.54, 1.807) is 0 Å². The first kappa shape index (κ1) is 21.9. The van der Waals surface area contributed by atoms with Crippen molar-refractivity contribution in [2.75, 3.05) is 71.0 Å². The maximum atomic E-state index is 10.4. The van der Waals surface area contributed by atoms with Crippen molar-refractivity contribution in [1.82, 2.24) is 14.7 Å². The molecule has 1 aromatic rings. The van der Waals surface area contributed by atoms with Gasteiger partial charge in [0, 0.05) is 56.3 Å². The summed E-state index contributed by atoms with van der Waals surface area (Å²) in [5.74, 6) is 3.24. The molecule has 0 radical (unpaired) electrons. The van der Waals surface area contributed by atoms with Gasteiger partial charge in [-0.05, 0) is 39.0 Å². The standard InChI is InChI=1S/C22H37N3O2S/c1-23(11-12-24-9-5-2-6-10-24)17-20-7-3-4-8-22(20)27-19-21(26)18-25-13-15-28-16-14-25/h3-4,7-8,21,26H,2,5-6,9-19H2,1H3. The highest BCUT2D eigenvalue weighted by atomic mass is 32.2. The van der Waals surface area contributed by atoms with Crippen molar-refractivity contribution in [3.63, 3.8) is 0 Å². The third-order valence-corrected chi connectivity index (χ3v) is 6.61. The summed E-state index contributed by atoms with van der Waals surface area (Å²) >= 11 is 1.99. The minimum absolute atomic E-state index is 0.359. The van der Waals surface area contributed by atoms with E-state index in [0.717, 1.165) is 38.5 Å². The van der Waals surface area contributed by atoms with Gasteiger partial charge in [-0.3, -0.25) is 4.90 Å². The van der Waals surface area contributed by atoms with Gasteiger partial charge in [-0.2, -0.15) is 11.8 Å². The predicted octanol–water partition coefficient (Wildman–Crippen LogP) is 2.39. The number of hydrogen-bond acceptors (Lipinski definition) is 6. The lowest BCUT2D eigenvalue weighted by atomic mass is 10.1. The highest BCUT2D eigenvalue weighted by Crippen LogP contribution is 2.20. The highest BCUT2D eigenvalue weighted by Gasteiger charge is 2.16. The number of aliphatic hydroxyl groups is 1. The molecule has 2 saturated heterocycles. The molecule has 2 fully saturated rings. The number of nitrogens with zero attached hydrogens (tertiary/aromatic N) is 3. The van der Waals surface area contributed by atoms with E-state index >= 15 is 0 Å². The summed E-state index contributed by atoms with van der Waals surface area (Å²) in [5.41, 5.74) is 1.20. The summed E-state index contributed by atoms with van der Waals surface area (Å²) in [6.07, 6.45) is 3.64. The molecule has 1 unspecified atom stereocenters. The third-order valence-electron chi connectivity index (χ3n) is 5.66. The van der Waals surface area contributed by atoms with Crippen molar-refractivity contribution in [3.8, 4) is 5.75 Å². The van der Waals surface area contributed by atoms with Crippen molar-refractivity contribution in [2.45, 2.75) is 31.9 Å². The number of β-amino-alcohol motifs (C(OH)–C–C–N with tert-alkyl or cyclic N) is 1. The third kappa shape index (κ3) is 7.56. The predicted molar refractivity (Wildman–Crippen MR) is 118 cm³/mol. The maximum absolute atomic E-state index is 10.4. The molecule has 1 N–H and O–H groups in total. The molecule has 5 nitrogen and oxygen atoms in total. The minimum Gasteiger partial charge on any atom is -0.491 e. The molecular formula is C22H37N3O2S. The molecule has 158 valence electrons. The second-order valence-electron chi connectivity index (χ2n) is 8.13. The van der Waals surface area contributed by atoms with Gasteiger partial charge < -0.3 is 19.6 Å². The lowest BCUT2D eigenvalue weighted by Crippen LogP contribution is -2.40. The Morgan fingerprint density at radius 2 is 1.82 bits per heavy atom. The SMILES string of the molecule is CN(CCN1CCCCC1)Cc1ccccc1OCC(O)CN1CCSCC1. The van der Waals surface area contributed by atoms with Crippen LogP contribution >= 0.6 is 11.8 Å². The average Bonchev–Trinajstić information content (AvgIpc) is 2.73. The van der Waals surface area contributed by atoms with Gasteiger partial charge in [0.05, 0.1) is 0 Å². The topological polar surface area (TPSA) is 39.2 Å². The summed E-state index contributed by atoms with van der Waals surface area (Å²) < 4.78 is 6.02. The van der Waals surface area contributed by atoms with Gasteiger partial charge in [-0.15, -0.1) is 0 Å². The summed E-state index contributed by atoms with van der Waals surface area (Å²) in [6, 6.07) is 8.25. The molecular weight excluding hydrogens is 370 g/mol. The Bertz CT molecular complexity index is 562. The van der Waals surface area contributed by atoms with Crippen LogP contribution < -0.4 is 4.74 Å². The lowest BCUT2D eigenvalue weighted by Gasteiger charge is -2.29. The molecule has 28 heavy (non-hydrogen) atoms. The minimum atomic E-state index is -0.437. The normalized spacial score (nSPS) is 20.4. The second kappa shape index (κ2) is 12.0. The van der Waals surface area contributed by atoms with E-state index in [2.05, 4.69) is 33.9 Å². The number of thioether (sulfide) groups is 1. The molecule has 2 aliphatic rings. The first-order valence-electron chi connectivity index (χ1n) is 10.8.